The molecular formula is C15H19BrN2. The third-order valence-corrected chi connectivity index (χ3v) is 3.46. The van der Waals surface area contributed by atoms with Crippen LogP contribution in [0.3, 0.4) is 0 Å². The highest BCUT2D eigenvalue weighted by atomic mass is 79.9. The average Bonchev–Trinajstić information content (AvgIpc) is 2.43. The first-order valence-corrected chi connectivity index (χ1v) is 7.63. The van der Waals surface area contributed by atoms with Crippen molar-refractivity contribution in [3.8, 4) is 0 Å². The molecule has 0 saturated carbocycles. The van der Waals surface area contributed by atoms with Crippen LogP contribution in [0.5, 0.6) is 0 Å². The molecule has 96 valence electrons. The number of benzene rings is 1. The molecule has 0 radical (unpaired) electrons. The molecule has 0 N–H and O–H groups in total. The van der Waals surface area contributed by atoms with Gasteiger partial charge in [0.1, 0.15) is 0 Å². The molecule has 0 unspecified atom stereocenters. The number of fused-ring (bicyclic) bond motifs is 1. The monoisotopic (exact) mass is 306 g/mol. The molecule has 0 aliphatic rings. The molecule has 0 atom stereocenters. The quantitative estimate of drug-likeness (QED) is 0.742. The van der Waals surface area contributed by atoms with Gasteiger partial charge in [-0.25, -0.2) is 0 Å². The summed E-state index contributed by atoms with van der Waals surface area (Å²) in [6, 6.07) is 10.5. The molecule has 0 fully saturated rings. The summed E-state index contributed by atoms with van der Waals surface area (Å²) < 4.78 is 0. The fourth-order valence-electron chi connectivity index (χ4n) is 2.16. The lowest BCUT2D eigenvalue weighted by molar-refractivity contribution is 0.737. The highest BCUT2D eigenvalue weighted by molar-refractivity contribution is 9.09. The maximum atomic E-state index is 4.43. The third-order valence-electron chi connectivity index (χ3n) is 3.10. The first kappa shape index (κ1) is 13.3. The van der Waals surface area contributed by atoms with E-state index in [9.17, 15) is 0 Å². The highest BCUT2D eigenvalue weighted by Gasteiger charge is 2.09. The zero-order valence-corrected chi connectivity index (χ0v) is 12.4. The van der Waals surface area contributed by atoms with Crippen molar-refractivity contribution >= 4 is 32.5 Å². The number of nitrogens with zero attached hydrogens (tertiary/aromatic N) is 2. The van der Waals surface area contributed by atoms with Gasteiger partial charge in [-0.3, -0.25) is 4.98 Å². The van der Waals surface area contributed by atoms with Crippen molar-refractivity contribution in [2.24, 2.45) is 0 Å². The summed E-state index contributed by atoms with van der Waals surface area (Å²) in [5, 5.41) is 2.24. The van der Waals surface area contributed by atoms with Crippen molar-refractivity contribution in [3.05, 3.63) is 36.5 Å². The van der Waals surface area contributed by atoms with Crippen LogP contribution in [0, 0.1) is 0 Å². The first-order chi connectivity index (χ1) is 8.86. The van der Waals surface area contributed by atoms with Crippen LogP contribution in [0.15, 0.2) is 36.5 Å². The van der Waals surface area contributed by atoms with Gasteiger partial charge in [0.2, 0.25) is 0 Å². The van der Waals surface area contributed by atoms with E-state index < -0.39 is 0 Å². The Labute approximate surface area is 117 Å². The van der Waals surface area contributed by atoms with E-state index in [2.05, 4.69) is 57.0 Å². The van der Waals surface area contributed by atoms with Crippen molar-refractivity contribution < 1.29 is 0 Å². The number of halogens is 1. The fraction of sp³-hybridized carbons (Fsp3) is 0.400. The predicted molar refractivity (Wildman–Crippen MR) is 82.7 cm³/mol. The summed E-state index contributed by atoms with van der Waals surface area (Å²) in [6.07, 6.45) is 4.36. The molecular weight excluding hydrogens is 288 g/mol. The van der Waals surface area contributed by atoms with E-state index >= 15 is 0 Å². The minimum absolute atomic E-state index is 0.993. The summed E-state index contributed by atoms with van der Waals surface area (Å²) >= 11 is 3.55. The molecule has 18 heavy (non-hydrogen) atoms. The van der Waals surface area contributed by atoms with E-state index in [0.717, 1.165) is 23.9 Å². The normalized spacial score (nSPS) is 10.8. The Hall–Kier alpha value is -1.09. The molecule has 0 spiro atoms. The van der Waals surface area contributed by atoms with Crippen molar-refractivity contribution in [3.63, 3.8) is 0 Å². The number of para-hydroxylation sites is 1. The highest BCUT2D eigenvalue weighted by Crippen LogP contribution is 2.25. The van der Waals surface area contributed by atoms with E-state index in [1.54, 1.807) is 0 Å². The summed E-state index contributed by atoms with van der Waals surface area (Å²) in [5.41, 5.74) is 2.37. The minimum Gasteiger partial charge on any atom is -0.370 e. The lowest BCUT2D eigenvalue weighted by Gasteiger charge is -2.25. The van der Waals surface area contributed by atoms with Crippen LogP contribution in [0.1, 0.15) is 19.8 Å². The van der Waals surface area contributed by atoms with E-state index in [-0.39, 0.29) is 0 Å². The number of unbranched alkanes of at least 4 members (excludes halogenated alkanes) is 1. The number of aromatic nitrogens is 1. The maximum Gasteiger partial charge on any atom is 0.0722 e. The van der Waals surface area contributed by atoms with Gasteiger partial charge in [0.05, 0.1) is 5.52 Å². The molecule has 2 aromatic rings. The van der Waals surface area contributed by atoms with Gasteiger partial charge >= 0.3 is 0 Å². The molecule has 1 heterocycles. The predicted octanol–water partition coefficient (Wildman–Crippen LogP) is 4.24. The van der Waals surface area contributed by atoms with Crippen molar-refractivity contribution in [2.75, 3.05) is 23.3 Å². The van der Waals surface area contributed by atoms with Gasteiger partial charge in [-0.2, -0.15) is 0 Å². The van der Waals surface area contributed by atoms with Crippen LogP contribution < -0.4 is 4.90 Å². The second kappa shape index (κ2) is 6.74. The zero-order valence-electron chi connectivity index (χ0n) is 10.8. The second-order valence-electron chi connectivity index (χ2n) is 4.38. The van der Waals surface area contributed by atoms with Crippen LogP contribution >= 0.6 is 15.9 Å². The van der Waals surface area contributed by atoms with Gasteiger partial charge < -0.3 is 4.90 Å². The number of hydrogen-bond donors (Lipinski definition) is 0. The van der Waals surface area contributed by atoms with Gasteiger partial charge in [0.15, 0.2) is 0 Å². The number of anilines is 1. The maximum absolute atomic E-state index is 4.43. The molecule has 2 nitrogen and oxygen atoms in total. The average molecular weight is 307 g/mol. The van der Waals surface area contributed by atoms with Crippen LogP contribution in [0.2, 0.25) is 0 Å². The molecule has 3 heteroatoms. The number of rotatable bonds is 6. The molecule has 0 aliphatic heterocycles. The lowest BCUT2D eigenvalue weighted by atomic mass is 10.1. The number of pyridine rings is 1. The lowest BCUT2D eigenvalue weighted by Crippen LogP contribution is -2.26. The second-order valence-corrected chi connectivity index (χ2v) is 5.17. The van der Waals surface area contributed by atoms with Crippen LogP contribution in [0.4, 0.5) is 5.69 Å². The van der Waals surface area contributed by atoms with E-state index in [1.165, 1.54) is 23.9 Å². The molecule has 1 aromatic heterocycles. The Morgan fingerprint density at radius 2 is 2.00 bits per heavy atom. The van der Waals surface area contributed by atoms with Crippen LogP contribution in [-0.4, -0.2) is 23.4 Å². The van der Waals surface area contributed by atoms with Gasteiger partial charge in [0.25, 0.3) is 0 Å². The largest absolute Gasteiger partial charge is 0.370 e. The Morgan fingerprint density at radius 3 is 2.78 bits per heavy atom. The standard InChI is InChI=1S/C15H19BrN2/c1-2-3-11-18(12-9-16)15-8-10-17-14-7-5-4-6-13(14)15/h4-8,10H,2-3,9,11-12H2,1H3. The van der Waals surface area contributed by atoms with Gasteiger partial charge in [-0.15, -0.1) is 0 Å². The molecule has 0 bridgehead atoms. The summed E-state index contributed by atoms with van der Waals surface area (Å²) in [6.45, 7) is 4.38. The Bertz CT molecular complexity index is 493. The van der Waals surface area contributed by atoms with Gasteiger partial charge in [-0.1, -0.05) is 47.5 Å². The minimum atomic E-state index is 0.993. The molecule has 0 saturated heterocycles. The number of alkyl halides is 1. The fourth-order valence-corrected chi connectivity index (χ4v) is 2.59. The third kappa shape index (κ3) is 3.02. The summed E-state index contributed by atoms with van der Waals surface area (Å²) in [7, 11) is 0. The van der Waals surface area contributed by atoms with Crippen molar-refractivity contribution in [2.45, 2.75) is 19.8 Å². The molecule has 0 aliphatic carbocycles. The van der Waals surface area contributed by atoms with Crippen LogP contribution in [-0.2, 0) is 0 Å². The zero-order chi connectivity index (χ0) is 12.8. The van der Waals surface area contributed by atoms with Gasteiger partial charge in [-0.05, 0) is 18.6 Å². The molecule has 0 amide bonds. The van der Waals surface area contributed by atoms with E-state index in [4.69, 9.17) is 0 Å². The Morgan fingerprint density at radius 1 is 1.17 bits per heavy atom. The number of hydrogen-bond acceptors (Lipinski definition) is 2. The van der Waals surface area contributed by atoms with E-state index in [0.29, 0.717) is 0 Å². The first-order valence-electron chi connectivity index (χ1n) is 6.51. The summed E-state index contributed by atoms with van der Waals surface area (Å²) in [5.74, 6) is 0. The van der Waals surface area contributed by atoms with Crippen molar-refractivity contribution in [1.29, 1.82) is 0 Å². The molecule has 2 rings (SSSR count). The SMILES string of the molecule is CCCCN(CCBr)c1ccnc2ccccc12. The van der Waals surface area contributed by atoms with Crippen LogP contribution in [0.25, 0.3) is 10.9 Å². The summed E-state index contributed by atoms with van der Waals surface area (Å²) in [4.78, 5) is 6.87. The Balaban J connectivity index is 2.36. The topological polar surface area (TPSA) is 16.1 Å². The Kier molecular flexibility index (Phi) is 5.00. The molecule has 1 aromatic carbocycles. The smallest absolute Gasteiger partial charge is 0.0722 e. The van der Waals surface area contributed by atoms with Crippen molar-refractivity contribution in [1.82, 2.24) is 4.98 Å². The van der Waals surface area contributed by atoms with E-state index in [1.807, 2.05) is 12.3 Å². The van der Waals surface area contributed by atoms with Gasteiger partial charge in [0, 0.05) is 35.7 Å².